The predicted molar refractivity (Wildman–Crippen MR) is 124 cm³/mol. The summed E-state index contributed by atoms with van der Waals surface area (Å²) in [5, 5.41) is -0.762. The molecule has 3 aromatic carbocycles. The van der Waals surface area contributed by atoms with Crippen molar-refractivity contribution in [3.8, 4) is 11.5 Å². The van der Waals surface area contributed by atoms with E-state index in [0.717, 1.165) is 9.87 Å². The molecule has 0 atom stereocenters. The molecule has 0 aliphatic heterocycles. The van der Waals surface area contributed by atoms with Gasteiger partial charge in [0.15, 0.2) is 0 Å². The van der Waals surface area contributed by atoms with Crippen molar-refractivity contribution in [3.05, 3.63) is 89.5 Å². The van der Waals surface area contributed by atoms with Gasteiger partial charge in [-0.15, -0.1) is 0 Å². The molecule has 0 aliphatic carbocycles. The fourth-order valence-electron chi connectivity index (χ4n) is 3.06. The van der Waals surface area contributed by atoms with Gasteiger partial charge in [0, 0.05) is 12.1 Å². The summed E-state index contributed by atoms with van der Waals surface area (Å²) in [5.74, 6) is 0.192. The Labute approximate surface area is 197 Å². The number of carbonyl (C=O) groups excluding carboxylic acids is 2. The lowest BCUT2D eigenvalue weighted by molar-refractivity contribution is -0.140. The first-order valence-electron chi connectivity index (χ1n) is 9.90. The van der Waals surface area contributed by atoms with E-state index in [0.29, 0.717) is 11.5 Å². The molecule has 0 N–H and O–H groups in total. The van der Waals surface area contributed by atoms with Crippen molar-refractivity contribution < 1.29 is 27.5 Å². The van der Waals surface area contributed by atoms with Crippen LogP contribution in [-0.2, 0) is 26.1 Å². The summed E-state index contributed by atoms with van der Waals surface area (Å²) in [6.45, 7) is 0.983. The molecule has 0 fully saturated rings. The van der Waals surface area contributed by atoms with Crippen molar-refractivity contribution in [2.24, 2.45) is 0 Å². The minimum atomic E-state index is -4.10. The Hall–Kier alpha value is -3.20. The lowest BCUT2D eigenvalue weighted by atomic mass is 10.1. The van der Waals surface area contributed by atoms with Gasteiger partial charge in [0.05, 0.1) is 12.0 Å². The van der Waals surface area contributed by atoms with Crippen LogP contribution in [0.2, 0.25) is 0 Å². The second kappa shape index (κ2) is 10.6. The van der Waals surface area contributed by atoms with Gasteiger partial charge in [0.25, 0.3) is 5.24 Å². The number of ether oxygens (including phenoxy) is 2. The van der Waals surface area contributed by atoms with Crippen LogP contribution in [0.4, 0.5) is 0 Å². The van der Waals surface area contributed by atoms with Gasteiger partial charge in [0.2, 0.25) is 10.0 Å². The standard InChI is InChI=1S/C24H22ClNO6S/c1-17-8-11-21(12-9-17)33(29,30)26(16-23(27)31-2)15-18-14-20(10-13-22(18)24(25)28)32-19-6-4-3-5-7-19/h3-14H,15-16H2,1-2H3. The topological polar surface area (TPSA) is 90.0 Å². The third kappa shape index (κ3) is 6.19. The van der Waals surface area contributed by atoms with E-state index >= 15 is 0 Å². The molecule has 0 radical (unpaired) electrons. The molecule has 9 heteroatoms. The molecule has 0 amide bonds. The van der Waals surface area contributed by atoms with E-state index < -0.39 is 27.8 Å². The minimum absolute atomic E-state index is 0.00689. The van der Waals surface area contributed by atoms with Crippen molar-refractivity contribution in [2.45, 2.75) is 18.4 Å². The van der Waals surface area contributed by atoms with E-state index in [-0.39, 0.29) is 22.6 Å². The molecule has 0 heterocycles. The normalized spacial score (nSPS) is 11.3. The molecule has 0 saturated carbocycles. The summed E-state index contributed by atoms with van der Waals surface area (Å²) < 4.78 is 38.1. The Balaban J connectivity index is 2.01. The van der Waals surface area contributed by atoms with E-state index in [4.69, 9.17) is 16.3 Å². The molecule has 0 spiro atoms. The largest absolute Gasteiger partial charge is 0.468 e. The van der Waals surface area contributed by atoms with Crippen molar-refractivity contribution in [1.82, 2.24) is 4.31 Å². The number of nitrogens with zero attached hydrogens (tertiary/aromatic N) is 1. The number of halogens is 1. The Morgan fingerprint density at radius 3 is 2.21 bits per heavy atom. The molecule has 7 nitrogen and oxygen atoms in total. The number of hydrogen-bond acceptors (Lipinski definition) is 6. The van der Waals surface area contributed by atoms with Gasteiger partial charge < -0.3 is 9.47 Å². The first kappa shape index (κ1) is 24.4. The third-order valence-electron chi connectivity index (χ3n) is 4.81. The van der Waals surface area contributed by atoms with Gasteiger partial charge in [-0.05, 0) is 66.6 Å². The molecule has 172 valence electrons. The zero-order valence-corrected chi connectivity index (χ0v) is 19.6. The highest BCUT2D eigenvalue weighted by Crippen LogP contribution is 2.27. The van der Waals surface area contributed by atoms with E-state index in [9.17, 15) is 18.0 Å². The van der Waals surface area contributed by atoms with Gasteiger partial charge in [-0.2, -0.15) is 4.31 Å². The lowest BCUT2D eigenvalue weighted by Crippen LogP contribution is -2.36. The summed E-state index contributed by atoms with van der Waals surface area (Å²) in [6, 6.07) is 19.7. The Morgan fingerprint density at radius 2 is 1.61 bits per heavy atom. The van der Waals surface area contributed by atoms with Crippen LogP contribution in [0.25, 0.3) is 0 Å². The van der Waals surface area contributed by atoms with E-state index in [1.165, 1.54) is 31.4 Å². The number of benzene rings is 3. The summed E-state index contributed by atoms with van der Waals surface area (Å²) in [7, 11) is -2.93. The molecule has 0 bridgehead atoms. The summed E-state index contributed by atoms with van der Waals surface area (Å²) in [4.78, 5) is 24.1. The fraction of sp³-hybridized carbons (Fsp3) is 0.167. The highest BCUT2D eigenvalue weighted by atomic mass is 35.5. The number of sulfonamides is 1. The first-order chi connectivity index (χ1) is 15.7. The summed E-state index contributed by atoms with van der Waals surface area (Å²) >= 11 is 5.75. The smallest absolute Gasteiger partial charge is 0.321 e. The molecule has 0 saturated heterocycles. The zero-order valence-electron chi connectivity index (χ0n) is 18.0. The van der Waals surface area contributed by atoms with Crippen LogP contribution < -0.4 is 4.74 Å². The maximum Gasteiger partial charge on any atom is 0.321 e. The number of carbonyl (C=O) groups is 2. The minimum Gasteiger partial charge on any atom is -0.468 e. The molecule has 0 aromatic heterocycles. The average Bonchev–Trinajstić information content (AvgIpc) is 2.79. The van der Waals surface area contributed by atoms with Crippen LogP contribution >= 0.6 is 11.6 Å². The van der Waals surface area contributed by atoms with Gasteiger partial charge in [0.1, 0.15) is 18.0 Å². The Morgan fingerprint density at radius 1 is 0.939 bits per heavy atom. The van der Waals surface area contributed by atoms with E-state index in [2.05, 4.69) is 4.74 Å². The monoisotopic (exact) mass is 487 g/mol. The van der Waals surface area contributed by atoms with Gasteiger partial charge >= 0.3 is 5.97 Å². The molecule has 33 heavy (non-hydrogen) atoms. The molecule has 0 unspecified atom stereocenters. The molecular weight excluding hydrogens is 466 g/mol. The number of esters is 1. The Bertz CT molecular complexity index is 1240. The number of methoxy groups -OCH3 is 1. The van der Waals surface area contributed by atoms with Crippen LogP contribution in [-0.4, -0.2) is 37.6 Å². The van der Waals surface area contributed by atoms with Gasteiger partial charge in [-0.3, -0.25) is 9.59 Å². The SMILES string of the molecule is COC(=O)CN(Cc1cc(Oc2ccccc2)ccc1C(=O)Cl)S(=O)(=O)c1ccc(C)cc1. The van der Waals surface area contributed by atoms with Crippen LogP contribution in [0.15, 0.2) is 77.7 Å². The quantitative estimate of drug-likeness (QED) is 0.325. The molecule has 3 rings (SSSR count). The number of para-hydroxylation sites is 1. The average molecular weight is 488 g/mol. The summed E-state index contributed by atoms with van der Waals surface area (Å²) in [5.41, 5.74) is 1.27. The molecule has 0 aliphatic rings. The Kier molecular flexibility index (Phi) is 7.86. The molecule has 3 aromatic rings. The highest BCUT2D eigenvalue weighted by Gasteiger charge is 2.28. The van der Waals surface area contributed by atoms with Crippen molar-refractivity contribution in [2.75, 3.05) is 13.7 Å². The van der Waals surface area contributed by atoms with E-state index in [1.54, 1.807) is 42.5 Å². The lowest BCUT2D eigenvalue weighted by Gasteiger charge is -2.22. The van der Waals surface area contributed by atoms with Crippen molar-refractivity contribution in [1.29, 1.82) is 0 Å². The second-order valence-electron chi connectivity index (χ2n) is 7.17. The number of aryl methyl sites for hydroxylation is 1. The number of rotatable bonds is 9. The maximum atomic E-state index is 13.3. The maximum absolute atomic E-state index is 13.3. The molecular formula is C24H22ClNO6S. The van der Waals surface area contributed by atoms with Crippen LogP contribution in [0.5, 0.6) is 11.5 Å². The van der Waals surface area contributed by atoms with E-state index in [1.807, 2.05) is 13.0 Å². The van der Waals surface area contributed by atoms with Gasteiger partial charge in [-0.1, -0.05) is 35.9 Å². The van der Waals surface area contributed by atoms with Crippen LogP contribution in [0, 0.1) is 6.92 Å². The predicted octanol–water partition coefficient (Wildman–Crippen LogP) is 4.53. The fourth-order valence-corrected chi connectivity index (χ4v) is 4.61. The number of hydrogen-bond donors (Lipinski definition) is 0. The highest BCUT2D eigenvalue weighted by molar-refractivity contribution is 7.89. The van der Waals surface area contributed by atoms with Gasteiger partial charge in [-0.25, -0.2) is 8.42 Å². The summed E-state index contributed by atoms with van der Waals surface area (Å²) in [6.07, 6.45) is 0. The second-order valence-corrected chi connectivity index (χ2v) is 9.45. The van der Waals surface area contributed by atoms with Crippen LogP contribution in [0.1, 0.15) is 21.5 Å². The first-order valence-corrected chi connectivity index (χ1v) is 11.7. The van der Waals surface area contributed by atoms with Crippen molar-refractivity contribution in [3.63, 3.8) is 0 Å². The zero-order chi connectivity index (χ0) is 24.0. The van der Waals surface area contributed by atoms with Crippen LogP contribution in [0.3, 0.4) is 0 Å². The third-order valence-corrected chi connectivity index (χ3v) is 6.82. The van der Waals surface area contributed by atoms with Crippen molar-refractivity contribution >= 4 is 32.8 Å².